The average Bonchev–Trinajstić information content (AvgIpc) is 3.57. The van der Waals surface area contributed by atoms with Crippen LogP contribution in [-0.4, -0.2) is 31.8 Å². The van der Waals surface area contributed by atoms with Gasteiger partial charge in [-0.15, -0.1) is 27.8 Å². The van der Waals surface area contributed by atoms with E-state index in [1.165, 1.54) is 31.6 Å². The summed E-state index contributed by atoms with van der Waals surface area (Å²) >= 11 is 2.80. The second-order valence-electron chi connectivity index (χ2n) is 7.31. The molecular formula is C22H19N5O4S2. The number of hydrogen-bond acceptors (Lipinski definition) is 7. The number of methoxy groups -OCH3 is 1. The summed E-state index contributed by atoms with van der Waals surface area (Å²) in [5.74, 6) is 0.545. The molecule has 0 bridgehead atoms. The minimum absolute atomic E-state index is 0.208. The van der Waals surface area contributed by atoms with Gasteiger partial charge in [0.15, 0.2) is 0 Å². The molecule has 1 N–H and O–H groups in total. The lowest BCUT2D eigenvalue weighted by Gasteiger charge is -2.06. The maximum absolute atomic E-state index is 13.2. The average molecular weight is 482 g/mol. The van der Waals surface area contributed by atoms with Gasteiger partial charge in [-0.2, -0.15) is 0 Å². The number of nitrogens with one attached hydrogen (secondary N) is 1. The second kappa shape index (κ2) is 8.68. The molecule has 0 aliphatic rings. The van der Waals surface area contributed by atoms with Gasteiger partial charge in [0.05, 0.1) is 19.2 Å². The van der Waals surface area contributed by atoms with Crippen molar-refractivity contribution in [3.8, 4) is 5.75 Å². The molecule has 33 heavy (non-hydrogen) atoms. The van der Waals surface area contributed by atoms with Crippen LogP contribution in [0, 0.1) is 0 Å². The molecule has 0 saturated carbocycles. The van der Waals surface area contributed by atoms with Gasteiger partial charge in [0.1, 0.15) is 17.0 Å². The standard InChI is InChI=1S/C22H19N5O4S2/c1-31-15-5-2-4-14(10-15)11-23-18(28)13-26-22(30)27-17-7-9-33-19(17)20(29)25(21(27)24-26)12-16-6-3-8-32-16/h2-10H,11-13H2,1H3,(H,23,28). The number of thiophene rings is 2. The maximum atomic E-state index is 13.2. The normalized spacial score (nSPS) is 11.3. The van der Waals surface area contributed by atoms with Crippen molar-refractivity contribution in [2.75, 3.05) is 7.11 Å². The number of benzene rings is 1. The molecule has 11 heteroatoms. The van der Waals surface area contributed by atoms with Crippen molar-refractivity contribution in [1.29, 1.82) is 0 Å². The second-order valence-corrected chi connectivity index (χ2v) is 9.26. The van der Waals surface area contributed by atoms with Gasteiger partial charge in [0, 0.05) is 11.4 Å². The fourth-order valence-corrected chi connectivity index (χ4v) is 5.13. The molecule has 9 nitrogen and oxygen atoms in total. The predicted molar refractivity (Wildman–Crippen MR) is 127 cm³/mol. The number of nitrogens with zero attached hydrogens (tertiary/aromatic N) is 4. The zero-order chi connectivity index (χ0) is 22.9. The van der Waals surface area contributed by atoms with E-state index in [1.807, 2.05) is 41.8 Å². The number of fused-ring (bicyclic) bond motifs is 3. The summed E-state index contributed by atoms with van der Waals surface area (Å²) in [4.78, 5) is 39.8. The van der Waals surface area contributed by atoms with E-state index in [0.29, 0.717) is 22.5 Å². The molecule has 5 aromatic rings. The fraction of sp³-hybridized carbons (Fsp3) is 0.182. The summed E-state index contributed by atoms with van der Waals surface area (Å²) in [6, 6.07) is 12.9. The van der Waals surface area contributed by atoms with E-state index in [9.17, 15) is 14.4 Å². The number of carbonyl (C=O) groups excluding carboxylic acids is 1. The Labute approximate surface area is 195 Å². The van der Waals surface area contributed by atoms with Gasteiger partial charge in [0.25, 0.3) is 5.56 Å². The van der Waals surface area contributed by atoms with E-state index in [4.69, 9.17) is 4.74 Å². The Bertz CT molecular complexity index is 1580. The predicted octanol–water partition coefficient (Wildman–Crippen LogP) is 2.31. The van der Waals surface area contributed by atoms with E-state index >= 15 is 0 Å². The molecule has 0 saturated heterocycles. The van der Waals surface area contributed by atoms with Crippen LogP contribution in [0.3, 0.4) is 0 Å². The molecule has 0 unspecified atom stereocenters. The first-order chi connectivity index (χ1) is 16.0. The quantitative estimate of drug-likeness (QED) is 0.385. The number of hydrogen-bond donors (Lipinski definition) is 1. The molecule has 5 rings (SSSR count). The SMILES string of the molecule is COc1cccc(CNC(=O)Cn2nc3n(Cc4cccs4)c(=O)c4sccc4n3c2=O)c1. The smallest absolute Gasteiger partial charge is 0.352 e. The highest BCUT2D eigenvalue weighted by Crippen LogP contribution is 2.19. The van der Waals surface area contributed by atoms with E-state index in [2.05, 4.69) is 10.4 Å². The molecule has 0 aliphatic carbocycles. The molecule has 0 spiro atoms. The third-order valence-corrected chi connectivity index (χ3v) is 6.95. The fourth-order valence-electron chi connectivity index (χ4n) is 3.61. The number of ether oxygens (including phenoxy) is 1. The van der Waals surface area contributed by atoms with Crippen molar-refractivity contribution >= 4 is 44.6 Å². The van der Waals surface area contributed by atoms with Crippen LogP contribution in [0.2, 0.25) is 0 Å². The monoisotopic (exact) mass is 481 g/mol. The Morgan fingerprint density at radius 3 is 2.79 bits per heavy atom. The van der Waals surface area contributed by atoms with Crippen LogP contribution in [0.4, 0.5) is 0 Å². The summed E-state index contributed by atoms with van der Waals surface area (Å²) in [7, 11) is 1.58. The first-order valence-corrected chi connectivity index (χ1v) is 11.8. The highest BCUT2D eigenvalue weighted by atomic mass is 32.1. The Kier molecular flexibility index (Phi) is 5.56. The van der Waals surface area contributed by atoms with Crippen LogP contribution >= 0.6 is 22.7 Å². The van der Waals surface area contributed by atoms with Gasteiger partial charge < -0.3 is 10.1 Å². The van der Waals surface area contributed by atoms with Gasteiger partial charge in [-0.25, -0.2) is 13.9 Å². The lowest BCUT2D eigenvalue weighted by Crippen LogP contribution is -2.32. The van der Waals surface area contributed by atoms with E-state index < -0.39 is 5.69 Å². The molecule has 0 atom stereocenters. The van der Waals surface area contributed by atoms with Crippen LogP contribution in [0.25, 0.3) is 16.0 Å². The Morgan fingerprint density at radius 2 is 2.00 bits per heavy atom. The van der Waals surface area contributed by atoms with Gasteiger partial charge in [-0.05, 0) is 40.6 Å². The molecule has 0 aliphatic heterocycles. The molecule has 4 heterocycles. The zero-order valence-corrected chi connectivity index (χ0v) is 19.2. The number of rotatable bonds is 7. The van der Waals surface area contributed by atoms with Crippen molar-refractivity contribution in [3.63, 3.8) is 0 Å². The van der Waals surface area contributed by atoms with Crippen LogP contribution in [0.1, 0.15) is 10.4 Å². The zero-order valence-electron chi connectivity index (χ0n) is 17.6. The third kappa shape index (κ3) is 3.96. The lowest BCUT2D eigenvalue weighted by molar-refractivity contribution is -0.122. The molecular weight excluding hydrogens is 462 g/mol. The first-order valence-electron chi connectivity index (χ1n) is 10.1. The maximum Gasteiger partial charge on any atom is 0.352 e. The topological polar surface area (TPSA) is 99.6 Å². The van der Waals surface area contributed by atoms with Crippen molar-refractivity contribution in [1.82, 2.24) is 24.1 Å². The highest BCUT2D eigenvalue weighted by Gasteiger charge is 2.19. The summed E-state index contributed by atoms with van der Waals surface area (Å²) in [6.07, 6.45) is 0. The third-order valence-electron chi connectivity index (χ3n) is 5.20. The summed E-state index contributed by atoms with van der Waals surface area (Å²) in [5, 5.41) is 10.9. The molecule has 0 radical (unpaired) electrons. The number of amides is 1. The number of aromatic nitrogens is 4. The molecule has 168 valence electrons. The Morgan fingerprint density at radius 1 is 1.12 bits per heavy atom. The van der Waals surface area contributed by atoms with Crippen LogP contribution in [-0.2, 0) is 24.4 Å². The van der Waals surface area contributed by atoms with Gasteiger partial charge >= 0.3 is 5.69 Å². The van der Waals surface area contributed by atoms with Crippen molar-refractivity contribution in [3.05, 3.63) is 84.5 Å². The Hall–Kier alpha value is -3.70. The van der Waals surface area contributed by atoms with Crippen molar-refractivity contribution in [2.24, 2.45) is 0 Å². The van der Waals surface area contributed by atoms with Crippen LogP contribution in [0.5, 0.6) is 5.75 Å². The summed E-state index contributed by atoms with van der Waals surface area (Å²) in [6.45, 7) is 0.325. The van der Waals surface area contributed by atoms with Gasteiger partial charge in [0.2, 0.25) is 11.7 Å². The molecule has 1 aromatic carbocycles. The molecule has 4 aromatic heterocycles. The summed E-state index contributed by atoms with van der Waals surface area (Å²) < 4.78 is 9.65. The van der Waals surface area contributed by atoms with E-state index in [-0.39, 0.29) is 30.3 Å². The largest absolute Gasteiger partial charge is 0.497 e. The minimum Gasteiger partial charge on any atom is -0.497 e. The number of carbonyl (C=O) groups is 1. The molecule has 0 fully saturated rings. The van der Waals surface area contributed by atoms with Crippen LogP contribution in [0.15, 0.2) is 62.8 Å². The summed E-state index contributed by atoms with van der Waals surface area (Å²) in [5.41, 5.74) is 0.690. The first kappa shape index (κ1) is 21.2. The van der Waals surface area contributed by atoms with E-state index in [1.54, 1.807) is 18.6 Å². The Balaban J connectivity index is 1.47. The van der Waals surface area contributed by atoms with Gasteiger partial charge in [-0.1, -0.05) is 18.2 Å². The van der Waals surface area contributed by atoms with Crippen molar-refractivity contribution < 1.29 is 9.53 Å². The van der Waals surface area contributed by atoms with Crippen LogP contribution < -0.4 is 21.3 Å². The lowest BCUT2D eigenvalue weighted by atomic mass is 10.2. The van der Waals surface area contributed by atoms with E-state index in [0.717, 1.165) is 15.1 Å². The van der Waals surface area contributed by atoms with Crippen molar-refractivity contribution in [2.45, 2.75) is 19.6 Å². The van der Waals surface area contributed by atoms with Gasteiger partial charge in [-0.3, -0.25) is 14.2 Å². The molecule has 1 amide bonds. The minimum atomic E-state index is -0.468. The highest BCUT2D eigenvalue weighted by molar-refractivity contribution is 7.17.